The van der Waals surface area contributed by atoms with Crippen LogP contribution in [0.2, 0.25) is 5.02 Å². The Hall–Kier alpha value is -2.27. The third-order valence-electron chi connectivity index (χ3n) is 3.84. The predicted molar refractivity (Wildman–Crippen MR) is 83.0 cm³/mol. The van der Waals surface area contributed by atoms with Gasteiger partial charge in [-0.25, -0.2) is 4.39 Å². The lowest BCUT2D eigenvalue weighted by Crippen LogP contribution is -2.30. The van der Waals surface area contributed by atoms with Gasteiger partial charge in [-0.1, -0.05) is 23.7 Å². The number of imide groups is 1. The maximum Gasteiger partial charge on any atom is 0.233 e. The van der Waals surface area contributed by atoms with Crippen LogP contribution in [0.25, 0.3) is 0 Å². The minimum Gasteiger partial charge on any atom is -0.276 e. The van der Waals surface area contributed by atoms with Crippen molar-refractivity contribution in [3.63, 3.8) is 0 Å². The van der Waals surface area contributed by atoms with Crippen molar-refractivity contribution in [1.82, 2.24) is 9.88 Å². The zero-order chi connectivity index (χ0) is 16.4. The highest BCUT2D eigenvalue weighted by molar-refractivity contribution is 6.30. The SMILES string of the molecule is O=C1CC(Cc2ccc(F)cc2)C(=O)N1Cc1ccc(Cl)cn1. The fourth-order valence-corrected chi connectivity index (χ4v) is 2.76. The van der Waals surface area contributed by atoms with Gasteiger partial charge in [-0.15, -0.1) is 0 Å². The summed E-state index contributed by atoms with van der Waals surface area (Å²) < 4.78 is 12.9. The summed E-state index contributed by atoms with van der Waals surface area (Å²) in [6, 6.07) is 9.34. The molecule has 1 fully saturated rings. The van der Waals surface area contributed by atoms with Crippen LogP contribution in [0.5, 0.6) is 0 Å². The molecule has 2 aromatic rings. The van der Waals surface area contributed by atoms with Gasteiger partial charge in [0.2, 0.25) is 11.8 Å². The fraction of sp³-hybridized carbons (Fsp3) is 0.235. The Morgan fingerprint density at radius 1 is 1.17 bits per heavy atom. The van der Waals surface area contributed by atoms with E-state index in [-0.39, 0.29) is 30.6 Å². The van der Waals surface area contributed by atoms with Crippen molar-refractivity contribution in [2.45, 2.75) is 19.4 Å². The second kappa shape index (κ2) is 6.46. The Labute approximate surface area is 137 Å². The highest BCUT2D eigenvalue weighted by Gasteiger charge is 2.38. The van der Waals surface area contributed by atoms with Gasteiger partial charge in [-0.3, -0.25) is 19.5 Å². The van der Waals surface area contributed by atoms with Crippen molar-refractivity contribution in [2.24, 2.45) is 5.92 Å². The molecule has 6 heteroatoms. The molecule has 1 aliphatic heterocycles. The van der Waals surface area contributed by atoms with Crippen LogP contribution in [0.15, 0.2) is 42.6 Å². The number of carbonyl (C=O) groups excluding carboxylic acids is 2. The Kier molecular flexibility index (Phi) is 4.39. The van der Waals surface area contributed by atoms with E-state index in [2.05, 4.69) is 4.98 Å². The van der Waals surface area contributed by atoms with Crippen LogP contribution >= 0.6 is 11.6 Å². The van der Waals surface area contributed by atoms with Crippen molar-refractivity contribution >= 4 is 23.4 Å². The van der Waals surface area contributed by atoms with E-state index in [4.69, 9.17) is 11.6 Å². The fourth-order valence-electron chi connectivity index (χ4n) is 2.64. The number of hydrogen-bond acceptors (Lipinski definition) is 3. The molecule has 23 heavy (non-hydrogen) atoms. The van der Waals surface area contributed by atoms with E-state index in [1.165, 1.54) is 23.2 Å². The first kappa shape index (κ1) is 15.6. The van der Waals surface area contributed by atoms with Gasteiger partial charge in [0.15, 0.2) is 0 Å². The van der Waals surface area contributed by atoms with Gasteiger partial charge in [-0.05, 0) is 36.2 Å². The van der Waals surface area contributed by atoms with Crippen molar-refractivity contribution in [1.29, 1.82) is 0 Å². The van der Waals surface area contributed by atoms with E-state index in [1.807, 2.05) is 0 Å². The molecular weight excluding hydrogens is 319 g/mol. The number of likely N-dealkylation sites (tertiary alicyclic amines) is 1. The number of nitrogens with zero attached hydrogens (tertiary/aromatic N) is 2. The van der Waals surface area contributed by atoms with E-state index in [1.54, 1.807) is 24.3 Å². The van der Waals surface area contributed by atoms with Gasteiger partial charge in [-0.2, -0.15) is 0 Å². The highest BCUT2D eigenvalue weighted by Crippen LogP contribution is 2.25. The summed E-state index contributed by atoms with van der Waals surface area (Å²) in [7, 11) is 0. The third-order valence-corrected chi connectivity index (χ3v) is 4.07. The zero-order valence-corrected chi connectivity index (χ0v) is 13.0. The highest BCUT2D eigenvalue weighted by atomic mass is 35.5. The average Bonchev–Trinajstić information content (AvgIpc) is 2.79. The zero-order valence-electron chi connectivity index (χ0n) is 12.2. The first-order valence-corrected chi connectivity index (χ1v) is 7.60. The Morgan fingerprint density at radius 2 is 1.91 bits per heavy atom. The minimum atomic E-state index is -0.403. The molecule has 0 radical (unpaired) electrons. The molecule has 0 aliphatic carbocycles. The summed E-state index contributed by atoms with van der Waals surface area (Å²) in [6.45, 7) is 0.148. The molecular formula is C17H14ClFN2O2. The van der Waals surface area contributed by atoms with Crippen LogP contribution in [0.4, 0.5) is 4.39 Å². The molecule has 1 aromatic heterocycles. The van der Waals surface area contributed by atoms with Crippen molar-refractivity contribution in [3.8, 4) is 0 Å². The summed E-state index contributed by atoms with van der Waals surface area (Å²) in [4.78, 5) is 29.9. The molecule has 1 saturated heterocycles. The maximum atomic E-state index is 12.9. The molecule has 118 valence electrons. The molecule has 4 nitrogen and oxygen atoms in total. The topological polar surface area (TPSA) is 50.3 Å². The van der Waals surface area contributed by atoms with Crippen LogP contribution in [0.1, 0.15) is 17.7 Å². The van der Waals surface area contributed by atoms with Gasteiger partial charge < -0.3 is 0 Å². The number of benzene rings is 1. The van der Waals surface area contributed by atoms with Crippen LogP contribution < -0.4 is 0 Å². The summed E-state index contributed by atoms with van der Waals surface area (Å²) in [5.41, 5.74) is 1.45. The monoisotopic (exact) mass is 332 g/mol. The minimum absolute atomic E-state index is 0.148. The first-order valence-electron chi connectivity index (χ1n) is 7.22. The van der Waals surface area contributed by atoms with Crippen LogP contribution in [-0.4, -0.2) is 21.7 Å². The molecule has 1 aliphatic rings. The van der Waals surface area contributed by atoms with Gasteiger partial charge in [0.25, 0.3) is 0 Å². The Bertz CT molecular complexity index is 731. The third kappa shape index (κ3) is 3.56. The first-order chi connectivity index (χ1) is 11.0. The molecule has 1 atom stereocenters. The number of halogens is 2. The van der Waals surface area contributed by atoms with Gasteiger partial charge in [0, 0.05) is 12.6 Å². The lowest BCUT2D eigenvalue weighted by atomic mass is 9.98. The van der Waals surface area contributed by atoms with E-state index in [0.717, 1.165) is 5.56 Å². The lowest BCUT2D eigenvalue weighted by Gasteiger charge is -2.14. The molecule has 2 amide bonds. The number of rotatable bonds is 4. The number of aromatic nitrogens is 1. The van der Waals surface area contributed by atoms with Crippen molar-refractivity contribution < 1.29 is 14.0 Å². The molecule has 1 aromatic carbocycles. The smallest absolute Gasteiger partial charge is 0.233 e. The Morgan fingerprint density at radius 3 is 2.57 bits per heavy atom. The van der Waals surface area contributed by atoms with Crippen LogP contribution in [0, 0.1) is 11.7 Å². The van der Waals surface area contributed by atoms with Crippen LogP contribution in [-0.2, 0) is 22.6 Å². The molecule has 2 heterocycles. The largest absolute Gasteiger partial charge is 0.276 e. The van der Waals surface area contributed by atoms with E-state index >= 15 is 0 Å². The standard InChI is InChI=1S/C17H14ClFN2O2/c18-13-3-6-15(20-9-13)10-21-16(22)8-12(17(21)23)7-11-1-4-14(19)5-2-11/h1-6,9,12H,7-8,10H2. The molecule has 0 spiro atoms. The van der Waals surface area contributed by atoms with Crippen LogP contribution in [0.3, 0.4) is 0 Å². The van der Waals surface area contributed by atoms with Crippen molar-refractivity contribution in [3.05, 3.63) is 64.7 Å². The van der Waals surface area contributed by atoms with E-state index in [0.29, 0.717) is 17.1 Å². The molecule has 0 N–H and O–H groups in total. The normalized spacial score (nSPS) is 17.8. The summed E-state index contributed by atoms with van der Waals surface area (Å²) >= 11 is 5.77. The summed E-state index contributed by atoms with van der Waals surface area (Å²) in [5, 5.41) is 0.502. The van der Waals surface area contributed by atoms with Gasteiger partial charge in [0.05, 0.1) is 23.2 Å². The summed E-state index contributed by atoms with van der Waals surface area (Å²) in [6.07, 6.45) is 2.08. The van der Waals surface area contributed by atoms with E-state index in [9.17, 15) is 14.0 Å². The second-order valence-corrected chi connectivity index (χ2v) is 5.95. The van der Waals surface area contributed by atoms with Gasteiger partial charge >= 0.3 is 0 Å². The van der Waals surface area contributed by atoms with Gasteiger partial charge in [0.1, 0.15) is 5.82 Å². The van der Waals surface area contributed by atoms with E-state index < -0.39 is 5.92 Å². The number of carbonyl (C=O) groups is 2. The number of amides is 2. The molecule has 1 unspecified atom stereocenters. The number of hydrogen-bond donors (Lipinski definition) is 0. The second-order valence-electron chi connectivity index (χ2n) is 5.52. The lowest BCUT2D eigenvalue weighted by molar-refractivity contribution is -0.140. The van der Waals surface area contributed by atoms with Crippen molar-refractivity contribution in [2.75, 3.05) is 0 Å². The summed E-state index contributed by atoms with van der Waals surface area (Å²) in [5.74, 6) is -1.15. The number of pyridine rings is 1. The molecule has 3 rings (SSSR count). The predicted octanol–water partition coefficient (Wildman–Crippen LogP) is 2.99. The molecule has 0 bridgehead atoms. The quantitative estimate of drug-likeness (QED) is 0.809. The maximum absolute atomic E-state index is 12.9. The molecule has 0 saturated carbocycles. The average molecular weight is 333 g/mol. The Balaban J connectivity index is 1.69.